The summed E-state index contributed by atoms with van der Waals surface area (Å²) in [4.78, 5) is 4.30. The number of nitrogens with one attached hydrogen (secondary N) is 1. The van der Waals surface area contributed by atoms with Crippen LogP contribution < -0.4 is 11.3 Å². The van der Waals surface area contributed by atoms with Crippen LogP contribution in [0.4, 0.5) is 0 Å². The van der Waals surface area contributed by atoms with E-state index in [2.05, 4.69) is 23.4 Å². The standard InChI is InChI=1S/C13H23N3/c1-3-4-5-6-9-13(16-14)12-8-7-10-15-11(12)2/h7-8,10,13,16H,3-6,9,14H2,1-2H3. The van der Waals surface area contributed by atoms with Crippen LogP contribution >= 0.6 is 0 Å². The van der Waals surface area contributed by atoms with Crippen molar-refractivity contribution < 1.29 is 0 Å². The zero-order valence-corrected chi connectivity index (χ0v) is 10.4. The number of hydrazine groups is 1. The summed E-state index contributed by atoms with van der Waals surface area (Å²) in [7, 11) is 0. The number of aromatic nitrogens is 1. The van der Waals surface area contributed by atoms with Crippen molar-refractivity contribution in [3.05, 3.63) is 29.6 Å². The molecule has 0 spiro atoms. The minimum atomic E-state index is 0.241. The largest absolute Gasteiger partial charge is 0.271 e. The Bertz CT molecular complexity index is 299. The number of hydrogen-bond donors (Lipinski definition) is 2. The average molecular weight is 221 g/mol. The number of rotatable bonds is 7. The summed E-state index contributed by atoms with van der Waals surface area (Å²) >= 11 is 0. The Balaban J connectivity index is 2.51. The van der Waals surface area contributed by atoms with Crippen molar-refractivity contribution in [2.75, 3.05) is 0 Å². The van der Waals surface area contributed by atoms with Crippen LogP contribution in [0.1, 0.15) is 56.3 Å². The highest BCUT2D eigenvalue weighted by molar-refractivity contribution is 5.22. The molecule has 3 nitrogen and oxygen atoms in total. The maximum atomic E-state index is 5.61. The van der Waals surface area contributed by atoms with Crippen molar-refractivity contribution in [3.8, 4) is 0 Å². The summed E-state index contributed by atoms with van der Waals surface area (Å²) in [5, 5.41) is 0. The lowest BCUT2D eigenvalue weighted by Gasteiger charge is -2.17. The highest BCUT2D eigenvalue weighted by atomic mass is 15.2. The van der Waals surface area contributed by atoms with E-state index in [-0.39, 0.29) is 6.04 Å². The molecule has 1 atom stereocenters. The molecule has 0 aliphatic carbocycles. The normalized spacial score (nSPS) is 12.7. The second-order valence-corrected chi connectivity index (χ2v) is 4.25. The third-order valence-corrected chi connectivity index (χ3v) is 2.97. The molecule has 1 aromatic rings. The van der Waals surface area contributed by atoms with E-state index in [1.54, 1.807) is 0 Å². The number of pyridine rings is 1. The Morgan fingerprint density at radius 2 is 2.19 bits per heavy atom. The summed E-state index contributed by atoms with van der Waals surface area (Å²) in [6.45, 7) is 4.26. The minimum Gasteiger partial charge on any atom is -0.271 e. The average Bonchev–Trinajstić information content (AvgIpc) is 2.31. The highest BCUT2D eigenvalue weighted by Gasteiger charge is 2.11. The first-order valence-electron chi connectivity index (χ1n) is 6.17. The van der Waals surface area contributed by atoms with Crippen LogP contribution in [0, 0.1) is 6.92 Å². The van der Waals surface area contributed by atoms with E-state index in [0.717, 1.165) is 12.1 Å². The molecule has 3 heteroatoms. The fourth-order valence-electron chi connectivity index (χ4n) is 1.97. The van der Waals surface area contributed by atoms with Crippen LogP contribution in [-0.4, -0.2) is 4.98 Å². The van der Waals surface area contributed by atoms with Crippen LogP contribution in [0.2, 0.25) is 0 Å². The van der Waals surface area contributed by atoms with Crippen LogP contribution in [-0.2, 0) is 0 Å². The number of nitrogens with two attached hydrogens (primary N) is 1. The fraction of sp³-hybridized carbons (Fsp3) is 0.615. The lowest BCUT2D eigenvalue weighted by atomic mass is 10.00. The van der Waals surface area contributed by atoms with E-state index >= 15 is 0 Å². The molecule has 1 rings (SSSR count). The number of hydrogen-bond acceptors (Lipinski definition) is 3. The lowest BCUT2D eigenvalue weighted by molar-refractivity contribution is 0.479. The van der Waals surface area contributed by atoms with E-state index in [1.165, 1.54) is 31.2 Å². The van der Waals surface area contributed by atoms with Gasteiger partial charge in [-0.05, 0) is 25.0 Å². The quantitative estimate of drug-likeness (QED) is 0.423. The van der Waals surface area contributed by atoms with Crippen molar-refractivity contribution in [1.82, 2.24) is 10.4 Å². The molecule has 3 N–H and O–H groups in total. The molecule has 0 saturated carbocycles. The van der Waals surface area contributed by atoms with Gasteiger partial charge in [0.05, 0.1) is 0 Å². The molecule has 0 aliphatic rings. The molecular weight excluding hydrogens is 198 g/mol. The second kappa shape index (κ2) is 7.36. The summed E-state index contributed by atoms with van der Waals surface area (Å²) in [5.41, 5.74) is 5.19. The van der Waals surface area contributed by atoms with Gasteiger partial charge in [-0.2, -0.15) is 0 Å². The van der Waals surface area contributed by atoms with Crippen molar-refractivity contribution in [2.45, 2.75) is 52.0 Å². The number of unbranched alkanes of at least 4 members (excludes halogenated alkanes) is 3. The first-order valence-corrected chi connectivity index (χ1v) is 6.17. The topological polar surface area (TPSA) is 50.9 Å². The first kappa shape index (κ1) is 13.1. The predicted octanol–water partition coefficient (Wildman–Crippen LogP) is 2.86. The molecule has 0 saturated heterocycles. The van der Waals surface area contributed by atoms with Gasteiger partial charge < -0.3 is 0 Å². The third-order valence-electron chi connectivity index (χ3n) is 2.97. The van der Waals surface area contributed by atoms with E-state index in [4.69, 9.17) is 5.84 Å². The van der Waals surface area contributed by atoms with Crippen LogP contribution in [0.15, 0.2) is 18.3 Å². The molecule has 0 radical (unpaired) electrons. The Morgan fingerprint density at radius 1 is 1.38 bits per heavy atom. The van der Waals surface area contributed by atoms with Gasteiger partial charge in [0.1, 0.15) is 0 Å². The molecule has 1 unspecified atom stereocenters. The molecule has 0 aliphatic heterocycles. The Labute approximate surface area is 98.4 Å². The first-order chi connectivity index (χ1) is 7.79. The second-order valence-electron chi connectivity index (χ2n) is 4.25. The van der Waals surface area contributed by atoms with E-state index in [0.29, 0.717) is 0 Å². The Hall–Kier alpha value is -0.930. The van der Waals surface area contributed by atoms with E-state index < -0.39 is 0 Å². The van der Waals surface area contributed by atoms with Crippen LogP contribution in [0.3, 0.4) is 0 Å². The molecule has 0 aromatic carbocycles. The van der Waals surface area contributed by atoms with Gasteiger partial charge in [-0.3, -0.25) is 16.3 Å². The zero-order chi connectivity index (χ0) is 11.8. The minimum absolute atomic E-state index is 0.241. The number of aryl methyl sites for hydroxylation is 1. The maximum Gasteiger partial charge on any atom is 0.0477 e. The summed E-state index contributed by atoms with van der Waals surface area (Å²) in [6.07, 6.45) is 7.99. The van der Waals surface area contributed by atoms with Gasteiger partial charge in [-0.1, -0.05) is 38.7 Å². The Kier molecular flexibility index (Phi) is 6.04. The predicted molar refractivity (Wildman–Crippen MR) is 67.8 cm³/mol. The summed E-state index contributed by atoms with van der Waals surface area (Å²) in [6, 6.07) is 4.32. The lowest BCUT2D eigenvalue weighted by Crippen LogP contribution is -2.28. The summed E-state index contributed by atoms with van der Waals surface area (Å²) in [5.74, 6) is 5.61. The molecule has 0 fully saturated rings. The molecular formula is C13H23N3. The van der Waals surface area contributed by atoms with Crippen LogP contribution in [0.25, 0.3) is 0 Å². The smallest absolute Gasteiger partial charge is 0.0477 e. The highest BCUT2D eigenvalue weighted by Crippen LogP contribution is 2.21. The van der Waals surface area contributed by atoms with Gasteiger partial charge >= 0.3 is 0 Å². The molecule has 16 heavy (non-hydrogen) atoms. The van der Waals surface area contributed by atoms with Gasteiger partial charge in [-0.25, -0.2) is 0 Å². The van der Waals surface area contributed by atoms with Crippen molar-refractivity contribution in [2.24, 2.45) is 5.84 Å². The van der Waals surface area contributed by atoms with Crippen molar-refractivity contribution in [1.29, 1.82) is 0 Å². The third kappa shape index (κ3) is 3.91. The molecule has 1 heterocycles. The molecule has 1 aromatic heterocycles. The monoisotopic (exact) mass is 221 g/mol. The molecule has 90 valence electrons. The number of nitrogens with zero attached hydrogens (tertiary/aromatic N) is 1. The molecule has 0 bridgehead atoms. The summed E-state index contributed by atoms with van der Waals surface area (Å²) < 4.78 is 0. The van der Waals surface area contributed by atoms with E-state index in [9.17, 15) is 0 Å². The maximum absolute atomic E-state index is 5.61. The SMILES string of the molecule is CCCCCCC(NN)c1cccnc1C. The molecule has 0 amide bonds. The van der Waals surface area contributed by atoms with Gasteiger partial charge in [0.25, 0.3) is 0 Å². The Morgan fingerprint density at radius 3 is 2.81 bits per heavy atom. The van der Waals surface area contributed by atoms with Crippen LogP contribution in [0.5, 0.6) is 0 Å². The fourth-order valence-corrected chi connectivity index (χ4v) is 1.97. The van der Waals surface area contributed by atoms with Gasteiger partial charge in [0.15, 0.2) is 0 Å². The van der Waals surface area contributed by atoms with Gasteiger partial charge in [0.2, 0.25) is 0 Å². The van der Waals surface area contributed by atoms with Crippen molar-refractivity contribution >= 4 is 0 Å². The van der Waals surface area contributed by atoms with E-state index in [1.807, 2.05) is 19.2 Å². The zero-order valence-electron chi connectivity index (χ0n) is 10.4. The van der Waals surface area contributed by atoms with Crippen molar-refractivity contribution in [3.63, 3.8) is 0 Å². The van der Waals surface area contributed by atoms with Gasteiger partial charge in [-0.15, -0.1) is 0 Å². The van der Waals surface area contributed by atoms with Gasteiger partial charge in [0, 0.05) is 17.9 Å².